The molecule has 6 nitrogen and oxygen atoms in total. The first-order valence-corrected chi connectivity index (χ1v) is 9.94. The van der Waals surface area contributed by atoms with Crippen LogP contribution in [0.5, 0.6) is 11.5 Å². The van der Waals surface area contributed by atoms with Crippen LogP contribution in [0.4, 0.5) is 0 Å². The van der Waals surface area contributed by atoms with Gasteiger partial charge in [0.05, 0.1) is 18.2 Å². The van der Waals surface area contributed by atoms with E-state index >= 15 is 0 Å². The first-order valence-electron chi connectivity index (χ1n) is 9.14. The Hall–Kier alpha value is -3.63. The SMILES string of the molecule is COc1cc(/C=C(\C#N)c2nc3ncc(Br)cc3[nH]2)ccc1OCc1ccccc1. The molecule has 7 heteroatoms. The second kappa shape index (κ2) is 8.80. The number of nitrogens with one attached hydrogen (secondary N) is 1. The minimum absolute atomic E-state index is 0.393. The molecule has 0 spiro atoms. The highest BCUT2D eigenvalue weighted by atomic mass is 79.9. The number of aromatic nitrogens is 3. The summed E-state index contributed by atoms with van der Waals surface area (Å²) in [5, 5.41) is 9.65. The molecule has 0 amide bonds. The Morgan fingerprint density at radius 3 is 2.77 bits per heavy atom. The fraction of sp³-hybridized carbons (Fsp3) is 0.0870. The molecule has 4 aromatic rings. The maximum atomic E-state index is 9.65. The van der Waals surface area contributed by atoms with Crippen molar-refractivity contribution in [3.05, 3.63) is 82.2 Å². The number of imidazole rings is 1. The Kier molecular flexibility index (Phi) is 5.77. The zero-order valence-corrected chi connectivity index (χ0v) is 17.7. The molecule has 2 aromatic carbocycles. The molecule has 0 aliphatic heterocycles. The van der Waals surface area contributed by atoms with Gasteiger partial charge in [0, 0.05) is 10.7 Å². The topological polar surface area (TPSA) is 83.8 Å². The van der Waals surface area contributed by atoms with E-state index in [1.54, 1.807) is 19.4 Å². The van der Waals surface area contributed by atoms with Crippen molar-refractivity contribution >= 4 is 38.7 Å². The molecule has 2 aromatic heterocycles. The third-order valence-electron chi connectivity index (χ3n) is 4.42. The van der Waals surface area contributed by atoms with Crippen molar-refractivity contribution in [2.75, 3.05) is 7.11 Å². The molecule has 0 unspecified atom stereocenters. The molecule has 0 aliphatic carbocycles. The fourth-order valence-corrected chi connectivity index (χ4v) is 3.28. The van der Waals surface area contributed by atoms with Crippen molar-refractivity contribution < 1.29 is 9.47 Å². The largest absolute Gasteiger partial charge is 0.493 e. The van der Waals surface area contributed by atoms with Gasteiger partial charge in [-0.15, -0.1) is 0 Å². The van der Waals surface area contributed by atoms with Crippen LogP contribution in [0.25, 0.3) is 22.8 Å². The van der Waals surface area contributed by atoms with Crippen LogP contribution in [0.2, 0.25) is 0 Å². The third-order valence-corrected chi connectivity index (χ3v) is 4.85. The van der Waals surface area contributed by atoms with Crippen molar-refractivity contribution in [1.29, 1.82) is 5.26 Å². The van der Waals surface area contributed by atoms with Crippen LogP contribution in [-0.4, -0.2) is 22.1 Å². The molecule has 30 heavy (non-hydrogen) atoms. The van der Waals surface area contributed by atoms with Gasteiger partial charge >= 0.3 is 0 Å². The smallest absolute Gasteiger partial charge is 0.178 e. The molecule has 0 saturated heterocycles. The molecule has 4 rings (SSSR count). The van der Waals surface area contributed by atoms with E-state index in [1.807, 2.05) is 54.6 Å². The zero-order valence-electron chi connectivity index (χ0n) is 16.1. The molecule has 0 fully saturated rings. The minimum Gasteiger partial charge on any atom is -0.493 e. The number of rotatable bonds is 6. The molecule has 0 aliphatic rings. The first kappa shape index (κ1) is 19.7. The average molecular weight is 461 g/mol. The number of H-pyrrole nitrogens is 1. The monoisotopic (exact) mass is 460 g/mol. The van der Waals surface area contributed by atoms with Gasteiger partial charge in [-0.05, 0) is 51.3 Å². The molecule has 148 valence electrons. The summed E-state index contributed by atoms with van der Waals surface area (Å²) in [6.45, 7) is 0.442. The van der Waals surface area contributed by atoms with Crippen LogP contribution < -0.4 is 9.47 Å². The van der Waals surface area contributed by atoms with Gasteiger partial charge in [0.15, 0.2) is 23.0 Å². The predicted molar refractivity (Wildman–Crippen MR) is 119 cm³/mol. The summed E-state index contributed by atoms with van der Waals surface area (Å²) in [4.78, 5) is 11.8. The van der Waals surface area contributed by atoms with Gasteiger partial charge in [0.25, 0.3) is 0 Å². The van der Waals surface area contributed by atoms with Gasteiger partial charge < -0.3 is 14.5 Å². The first-order chi connectivity index (χ1) is 14.7. The van der Waals surface area contributed by atoms with Crippen molar-refractivity contribution in [3.8, 4) is 17.6 Å². The predicted octanol–water partition coefficient (Wildman–Crippen LogP) is 5.37. The lowest BCUT2D eigenvalue weighted by atomic mass is 10.1. The number of methoxy groups -OCH3 is 1. The second-order valence-electron chi connectivity index (χ2n) is 6.46. The Morgan fingerprint density at radius 1 is 1.17 bits per heavy atom. The lowest BCUT2D eigenvalue weighted by molar-refractivity contribution is 0.284. The van der Waals surface area contributed by atoms with Crippen LogP contribution in [0.1, 0.15) is 17.0 Å². The van der Waals surface area contributed by atoms with Crippen LogP contribution in [0.3, 0.4) is 0 Å². The average Bonchev–Trinajstić information content (AvgIpc) is 3.20. The van der Waals surface area contributed by atoms with Gasteiger partial charge in [0.1, 0.15) is 12.7 Å². The van der Waals surface area contributed by atoms with Crippen molar-refractivity contribution in [3.63, 3.8) is 0 Å². The molecule has 1 N–H and O–H groups in total. The Morgan fingerprint density at radius 2 is 2.00 bits per heavy atom. The molecule has 0 bridgehead atoms. The maximum absolute atomic E-state index is 9.65. The van der Waals surface area contributed by atoms with Gasteiger partial charge in [-0.25, -0.2) is 9.97 Å². The van der Waals surface area contributed by atoms with E-state index in [0.29, 0.717) is 35.2 Å². The zero-order chi connectivity index (χ0) is 20.9. The highest BCUT2D eigenvalue weighted by molar-refractivity contribution is 9.10. The number of hydrogen-bond acceptors (Lipinski definition) is 5. The third kappa shape index (κ3) is 4.34. The summed E-state index contributed by atoms with van der Waals surface area (Å²) in [5.41, 5.74) is 3.56. The standard InChI is InChI=1S/C23H17BrN4O2/c1-29-21-10-16(7-8-20(21)30-14-15-5-3-2-4-6-15)9-17(12-25)22-27-19-11-18(24)13-26-23(19)28-22/h2-11,13H,14H2,1H3,(H,26,27,28)/b17-9+. The number of pyridine rings is 1. The molecular formula is C23H17BrN4O2. The van der Waals surface area contributed by atoms with Crippen molar-refractivity contribution in [2.45, 2.75) is 6.61 Å². The normalized spacial score (nSPS) is 11.3. The van der Waals surface area contributed by atoms with Crippen molar-refractivity contribution in [2.24, 2.45) is 0 Å². The van der Waals surface area contributed by atoms with Crippen molar-refractivity contribution in [1.82, 2.24) is 15.0 Å². The highest BCUT2D eigenvalue weighted by Gasteiger charge is 2.11. The summed E-state index contributed by atoms with van der Waals surface area (Å²) in [7, 11) is 1.59. The van der Waals surface area contributed by atoms with Gasteiger partial charge in [-0.2, -0.15) is 5.26 Å². The summed E-state index contributed by atoms with van der Waals surface area (Å²) >= 11 is 3.38. The Balaban J connectivity index is 1.60. The number of benzene rings is 2. The van der Waals surface area contributed by atoms with Crippen LogP contribution >= 0.6 is 15.9 Å². The number of nitriles is 1. The Labute approximate surface area is 181 Å². The van der Waals surface area contributed by atoms with E-state index in [1.165, 1.54) is 0 Å². The number of ether oxygens (including phenoxy) is 2. The van der Waals surface area contributed by atoms with Gasteiger partial charge in [0.2, 0.25) is 0 Å². The second-order valence-corrected chi connectivity index (χ2v) is 7.38. The van der Waals surface area contributed by atoms with Gasteiger partial charge in [-0.3, -0.25) is 0 Å². The molecule has 2 heterocycles. The lowest BCUT2D eigenvalue weighted by Gasteiger charge is -2.11. The van der Waals surface area contributed by atoms with E-state index in [0.717, 1.165) is 21.1 Å². The summed E-state index contributed by atoms with van der Waals surface area (Å²) < 4.78 is 12.2. The number of aromatic amines is 1. The van der Waals surface area contributed by atoms with Gasteiger partial charge in [-0.1, -0.05) is 36.4 Å². The molecular weight excluding hydrogens is 444 g/mol. The Bertz CT molecular complexity index is 1260. The molecule has 0 atom stereocenters. The van der Waals surface area contributed by atoms with E-state index in [4.69, 9.17) is 9.47 Å². The van der Waals surface area contributed by atoms with E-state index in [-0.39, 0.29) is 0 Å². The summed E-state index contributed by atoms with van der Waals surface area (Å²) in [6.07, 6.45) is 3.41. The number of nitrogens with zero attached hydrogens (tertiary/aromatic N) is 3. The minimum atomic E-state index is 0.393. The fourth-order valence-electron chi connectivity index (χ4n) is 2.95. The lowest BCUT2D eigenvalue weighted by Crippen LogP contribution is -1.97. The summed E-state index contributed by atoms with van der Waals surface area (Å²) in [6, 6.07) is 19.5. The van der Waals surface area contributed by atoms with Crippen LogP contribution in [0.15, 0.2) is 65.3 Å². The molecule has 0 saturated carbocycles. The van der Waals surface area contributed by atoms with Crippen LogP contribution in [0, 0.1) is 11.3 Å². The maximum Gasteiger partial charge on any atom is 0.178 e. The summed E-state index contributed by atoms with van der Waals surface area (Å²) in [5.74, 6) is 1.68. The van der Waals surface area contributed by atoms with Crippen LogP contribution in [-0.2, 0) is 6.61 Å². The highest BCUT2D eigenvalue weighted by Crippen LogP contribution is 2.30. The quantitative estimate of drug-likeness (QED) is 0.390. The molecule has 0 radical (unpaired) electrons. The number of hydrogen-bond donors (Lipinski definition) is 1. The number of allylic oxidation sites excluding steroid dienone is 1. The van der Waals surface area contributed by atoms with E-state index < -0.39 is 0 Å². The number of halogens is 1. The van der Waals surface area contributed by atoms with E-state index in [9.17, 15) is 5.26 Å². The number of fused-ring (bicyclic) bond motifs is 1. The van der Waals surface area contributed by atoms with E-state index in [2.05, 4.69) is 37.0 Å².